The molecule has 0 aliphatic rings. The van der Waals surface area contributed by atoms with Gasteiger partial charge in [-0.3, -0.25) is 4.79 Å². The summed E-state index contributed by atoms with van der Waals surface area (Å²) < 4.78 is 25.6. The van der Waals surface area contributed by atoms with Crippen molar-refractivity contribution < 1.29 is 18.3 Å². The van der Waals surface area contributed by atoms with Gasteiger partial charge in [0.2, 0.25) is 0 Å². The number of methoxy groups -OCH3 is 1. The summed E-state index contributed by atoms with van der Waals surface area (Å²) in [5, 5.41) is 3.52. The Morgan fingerprint density at radius 2 is 2.04 bits per heavy atom. The molecule has 1 atom stereocenters. The van der Waals surface area contributed by atoms with E-state index in [0.29, 0.717) is 16.3 Å². The number of carbonyl (C=O) groups excluding carboxylic acids is 1. The van der Waals surface area contributed by atoms with Gasteiger partial charge in [0.25, 0.3) is 5.91 Å². The van der Waals surface area contributed by atoms with Crippen LogP contribution < -0.4 is 10.1 Å². The normalized spacial score (nSPS) is 12.1. The second kappa shape index (κ2) is 7.44. The summed E-state index contributed by atoms with van der Waals surface area (Å²) >= 11 is 1.50. The minimum absolute atomic E-state index is 0.161. The zero-order chi connectivity index (χ0) is 19.7. The Kier molecular flexibility index (Phi) is 4.83. The molecule has 5 nitrogen and oxygen atoms in total. The Bertz CT molecular complexity index is 1120. The third-order valence-corrected chi connectivity index (χ3v) is 5.41. The van der Waals surface area contributed by atoms with Crippen molar-refractivity contribution in [1.82, 2.24) is 10.3 Å². The van der Waals surface area contributed by atoms with E-state index in [1.54, 1.807) is 25.1 Å². The van der Waals surface area contributed by atoms with Gasteiger partial charge in [0.15, 0.2) is 28.1 Å². The molecule has 0 aliphatic heterocycles. The number of ether oxygens (including phenoxy) is 1. The number of para-hydroxylation sites is 1. The third-order valence-electron chi connectivity index (χ3n) is 4.36. The quantitative estimate of drug-likeness (QED) is 0.504. The van der Waals surface area contributed by atoms with Gasteiger partial charge in [0.05, 0.1) is 23.4 Å². The lowest BCUT2D eigenvalue weighted by atomic mass is 10.1. The maximum atomic E-state index is 13.9. The molecule has 1 amide bonds. The minimum atomic E-state index is -0.475. The Balaban J connectivity index is 1.50. The molecule has 0 unspecified atom stereocenters. The number of halogens is 1. The highest BCUT2D eigenvalue weighted by Crippen LogP contribution is 2.31. The number of carbonyl (C=O) groups is 1. The number of amides is 1. The van der Waals surface area contributed by atoms with Gasteiger partial charge in [-0.05, 0) is 48.9 Å². The summed E-state index contributed by atoms with van der Waals surface area (Å²) in [4.78, 5) is 17.0. The number of hydrogen-bond acceptors (Lipinski definition) is 5. The van der Waals surface area contributed by atoms with Crippen molar-refractivity contribution in [1.29, 1.82) is 0 Å². The second-order valence-corrected chi connectivity index (χ2v) is 7.27. The van der Waals surface area contributed by atoms with E-state index in [2.05, 4.69) is 10.3 Å². The summed E-state index contributed by atoms with van der Waals surface area (Å²) in [7, 11) is 1.41. The van der Waals surface area contributed by atoms with Gasteiger partial charge in [0.1, 0.15) is 0 Å². The lowest BCUT2D eigenvalue weighted by molar-refractivity contribution is 0.0912. The Morgan fingerprint density at radius 3 is 2.79 bits per heavy atom. The smallest absolute Gasteiger partial charge is 0.287 e. The van der Waals surface area contributed by atoms with Crippen LogP contribution >= 0.6 is 11.3 Å². The molecule has 0 bridgehead atoms. The number of aromatic nitrogens is 1. The highest BCUT2D eigenvalue weighted by molar-refractivity contribution is 7.21. The Hall–Kier alpha value is -3.19. The molecule has 4 aromatic rings. The molecule has 0 radical (unpaired) electrons. The van der Waals surface area contributed by atoms with Crippen molar-refractivity contribution in [2.24, 2.45) is 0 Å². The van der Waals surface area contributed by atoms with Crippen molar-refractivity contribution in [3.05, 3.63) is 71.7 Å². The van der Waals surface area contributed by atoms with Crippen LogP contribution in [0.4, 0.5) is 4.39 Å². The predicted molar refractivity (Wildman–Crippen MR) is 106 cm³/mol. The fourth-order valence-electron chi connectivity index (χ4n) is 2.86. The standard InChI is InChI=1S/C21H17FN2O3S/c1-12(13-7-8-16(26-2)14(22)11-13)23-20(25)17-9-10-18(27-17)21-24-15-5-3-4-6-19(15)28-21/h3-12H,1-2H3,(H,23,25)/t12-/m1/s1. The van der Waals surface area contributed by atoms with E-state index in [0.717, 1.165) is 10.2 Å². The second-order valence-electron chi connectivity index (χ2n) is 6.24. The molecular weight excluding hydrogens is 379 g/mol. The minimum Gasteiger partial charge on any atom is -0.494 e. The third kappa shape index (κ3) is 3.48. The number of furan rings is 1. The zero-order valence-electron chi connectivity index (χ0n) is 15.2. The number of hydrogen-bond donors (Lipinski definition) is 1. The van der Waals surface area contributed by atoms with Crippen molar-refractivity contribution in [3.8, 4) is 16.5 Å². The van der Waals surface area contributed by atoms with Gasteiger partial charge in [0, 0.05) is 0 Å². The zero-order valence-corrected chi connectivity index (χ0v) is 16.0. The first-order valence-electron chi connectivity index (χ1n) is 8.65. The fourth-order valence-corrected chi connectivity index (χ4v) is 3.78. The van der Waals surface area contributed by atoms with E-state index >= 15 is 0 Å². The van der Waals surface area contributed by atoms with E-state index in [9.17, 15) is 9.18 Å². The number of nitrogens with zero attached hydrogens (tertiary/aromatic N) is 1. The van der Waals surface area contributed by atoms with E-state index in [4.69, 9.17) is 9.15 Å². The molecule has 2 aromatic carbocycles. The molecule has 7 heteroatoms. The summed E-state index contributed by atoms with van der Waals surface area (Å²) in [5.41, 5.74) is 1.52. The van der Waals surface area contributed by atoms with E-state index in [-0.39, 0.29) is 17.4 Å². The molecule has 4 rings (SSSR count). The van der Waals surface area contributed by atoms with Crippen molar-refractivity contribution in [3.63, 3.8) is 0 Å². The monoisotopic (exact) mass is 396 g/mol. The van der Waals surface area contributed by atoms with Crippen LogP contribution in [0, 0.1) is 5.82 Å². The van der Waals surface area contributed by atoms with Gasteiger partial charge < -0.3 is 14.5 Å². The van der Waals surface area contributed by atoms with E-state index < -0.39 is 11.9 Å². The van der Waals surface area contributed by atoms with Crippen LogP contribution in [0.15, 0.2) is 59.0 Å². The highest BCUT2D eigenvalue weighted by atomic mass is 32.1. The molecule has 0 fully saturated rings. The lowest BCUT2D eigenvalue weighted by Gasteiger charge is -2.14. The van der Waals surface area contributed by atoms with Gasteiger partial charge in [-0.15, -0.1) is 11.3 Å². The molecule has 0 saturated carbocycles. The predicted octanol–water partition coefficient (Wildman–Crippen LogP) is 5.20. The average molecular weight is 396 g/mol. The SMILES string of the molecule is COc1ccc([C@@H](C)NC(=O)c2ccc(-c3nc4ccccc4s3)o2)cc1F. The van der Waals surface area contributed by atoms with Gasteiger partial charge in [-0.1, -0.05) is 18.2 Å². The van der Waals surface area contributed by atoms with Gasteiger partial charge in [-0.2, -0.15) is 0 Å². The van der Waals surface area contributed by atoms with Crippen molar-refractivity contribution in [2.45, 2.75) is 13.0 Å². The molecule has 2 heterocycles. The van der Waals surface area contributed by atoms with Crippen LogP contribution in [0.25, 0.3) is 21.0 Å². The van der Waals surface area contributed by atoms with Crippen LogP contribution in [0.1, 0.15) is 29.1 Å². The number of benzene rings is 2. The van der Waals surface area contributed by atoms with Gasteiger partial charge >= 0.3 is 0 Å². The van der Waals surface area contributed by atoms with Crippen LogP contribution in [0.2, 0.25) is 0 Å². The largest absolute Gasteiger partial charge is 0.494 e. The molecule has 0 aliphatic carbocycles. The topological polar surface area (TPSA) is 64.4 Å². The molecule has 28 heavy (non-hydrogen) atoms. The van der Waals surface area contributed by atoms with Gasteiger partial charge in [-0.25, -0.2) is 9.37 Å². The van der Waals surface area contributed by atoms with Crippen LogP contribution in [0.5, 0.6) is 5.75 Å². The van der Waals surface area contributed by atoms with Crippen LogP contribution in [-0.2, 0) is 0 Å². The summed E-state index contributed by atoms with van der Waals surface area (Å²) in [6.45, 7) is 1.77. The number of nitrogens with one attached hydrogen (secondary N) is 1. The van der Waals surface area contributed by atoms with Crippen LogP contribution in [0.3, 0.4) is 0 Å². The maximum absolute atomic E-state index is 13.9. The summed E-state index contributed by atoms with van der Waals surface area (Å²) in [5.74, 6) is 0.0201. The number of fused-ring (bicyclic) bond motifs is 1. The first-order chi connectivity index (χ1) is 13.5. The van der Waals surface area contributed by atoms with E-state index in [1.165, 1.54) is 30.6 Å². The molecule has 142 valence electrons. The highest BCUT2D eigenvalue weighted by Gasteiger charge is 2.18. The molecule has 2 aromatic heterocycles. The van der Waals surface area contributed by atoms with Crippen LogP contribution in [-0.4, -0.2) is 18.0 Å². The number of thiazole rings is 1. The first-order valence-corrected chi connectivity index (χ1v) is 9.47. The molecule has 0 spiro atoms. The lowest BCUT2D eigenvalue weighted by Crippen LogP contribution is -2.26. The van der Waals surface area contributed by atoms with Crippen molar-refractivity contribution in [2.75, 3.05) is 7.11 Å². The molecule has 1 N–H and O–H groups in total. The summed E-state index contributed by atoms with van der Waals surface area (Å²) in [6.07, 6.45) is 0. The fraction of sp³-hybridized carbons (Fsp3) is 0.143. The van der Waals surface area contributed by atoms with E-state index in [1.807, 2.05) is 24.3 Å². The molecular formula is C21H17FN2O3S. The first kappa shape index (κ1) is 18.2. The van der Waals surface area contributed by atoms with Crippen molar-refractivity contribution >= 4 is 27.5 Å². The Morgan fingerprint density at radius 1 is 1.21 bits per heavy atom. The number of rotatable bonds is 5. The summed E-state index contributed by atoms with van der Waals surface area (Å²) in [6, 6.07) is 15.3. The average Bonchev–Trinajstić information content (AvgIpc) is 3.34. The Labute approximate surface area is 164 Å². The molecule has 0 saturated heterocycles. The maximum Gasteiger partial charge on any atom is 0.287 e.